The average Bonchev–Trinajstić information content (AvgIpc) is 2.64. The first kappa shape index (κ1) is 15.3. The number of methoxy groups -OCH3 is 1. The quantitative estimate of drug-likeness (QED) is 0.831. The molecule has 1 aromatic carbocycles. The molecule has 2 rings (SSSR count). The Kier molecular flexibility index (Phi) is 5.43. The molecule has 1 aliphatic rings. The molecule has 2 unspecified atom stereocenters. The fourth-order valence-electron chi connectivity index (χ4n) is 2.57. The lowest BCUT2D eigenvalue weighted by atomic mass is 10.0. The predicted octanol–water partition coefficient (Wildman–Crippen LogP) is 2.85. The zero-order valence-electron chi connectivity index (χ0n) is 11.7. The van der Waals surface area contributed by atoms with E-state index in [1.54, 1.807) is 13.2 Å². The molecule has 3 N–H and O–H groups in total. The smallest absolute Gasteiger partial charge is 0.252 e. The van der Waals surface area contributed by atoms with Gasteiger partial charge in [0.15, 0.2) is 0 Å². The molecule has 0 saturated heterocycles. The lowest BCUT2D eigenvalue weighted by Gasteiger charge is -2.23. The summed E-state index contributed by atoms with van der Waals surface area (Å²) < 4.78 is 5.93. The van der Waals surface area contributed by atoms with E-state index in [-0.39, 0.29) is 18.0 Å². The second kappa shape index (κ2) is 7.09. The molecular weight excluding hydrogens is 320 g/mol. The Morgan fingerprint density at radius 3 is 2.85 bits per heavy atom. The minimum atomic E-state index is -0.0990. The second-order valence-corrected chi connectivity index (χ2v) is 6.08. The van der Waals surface area contributed by atoms with E-state index in [9.17, 15) is 4.79 Å². The molecule has 0 bridgehead atoms. The third-order valence-electron chi connectivity index (χ3n) is 3.80. The highest BCUT2D eigenvalue weighted by molar-refractivity contribution is 9.10. The molecule has 0 heterocycles. The van der Waals surface area contributed by atoms with E-state index in [2.05, 4.69) is 21.2 Å². The molecule has 110 valence electrons. The number of rotatable bonds is 3. The predicted molar refractivity (Wildman–Crippen MR) is 83.0 cm³/mol. The Balaban J connectivity index is 2.10. The SMILES string of the molecule is COc1ccc(Br)c(C(=O)NC2CCCCCC2N)c1. The first-order chi connectivity index (χ1) is 9.61. The average molecular weight is 341 g/mol. The van der Waals surface area contributed by atoms with Gasteiger partial charge in [-0.25, -0.2) is 0 Å². The molecule has 20 heavy (non-hydrogen) atoms. The van der Waals surface area contributed by atoms with Crippen LogP contribution < -0.4 is 15.8 Å². The van der Waals surface area contributed by atoms with Crippen LogP contribution in [0.5, 0.6) is 5.75 Å². The van der Waals surface area contributed by atoms with Crippen LogP contribution in [0.25, 0.3) is 0 Å². The highest BCUT2D eigenvalue weighted by Gasteiger charge is 2.23. The summed E-state index contributed by atoms with van der Waals surface area (Å²) in [5.74, 6) is 0.571. The molecule has 4 nitrogen and oxygen atoms in total. The Labute approximate surface area is 128 Å². The summed E-state index contributed by atoms with van der Waals surface area (Å²) in [6, 6.07) is 5.48. The third kappa shape index (κ3) is 3.73. The maximum Gasteiger partial charge on any atom is 0.252 e. The van der Waals surface area contributed by atoms with E-state index >= 15 is 0 Å². The number of benzene rings is 1. The third-order valence-corrected chi connectivity index (χ3v) is 4.50. The number of ether oxygens (including phenoxy) is 1. The molecule has 0 spiro atoms. The topological polar surface area (TPSA) is 64.3 Å². The van der Waals surface area contributed by atoms with E-state index in [1.807, 2.05) is 12.1 Å². The van der Waals surface area contributed by atoms with Crippen LogP contribution in [0.15, 0.2) is 22.7 Å². The highest BCUT2D eigenvalue weighted by Crippen LogP contribution is 2.23. The molecular formula is C15H21BrN2O2. The lowest BCUT2D eigenvalue weighted by molar-refractivity contribution is 0.0927. The summed E-state index contributed by atoms with van der Waals surface area (Å²) in [5, 5.41) is 3.07. The van der Waals surface area contributed by atoms with Crippen molar-refractivity contribution in [3.05, 3.63) is 28.2 Å². The number of nitrogens with one attached hydrogen (secondary N) is 1. The molecule has 0 aliphatic heterocycles. The van der Waals surface area contributed by atoms with Gasteiger partial charge < -0.3 is 15.8 Å². The van der Waals surface area contributed by atoms with Gasteiger partial charge in [0, 0.05) is 16.6 Å². The van der Waals surface area contributed by atoms with Crippen molar-refractivity contribution in [2.75, 3.05) is 7.11 Å². The van der Waals surface area contributed by atoms with Crippen molar-refractivity contribution in [2.45, 2.75) is 44.2 Å². The molecule has 5 heteroatoms. The van der Waals surface area contributed by atoms with Crippen LogP contribution in [0, 0.1) is 0 Å². The van der Waals surface area contributed by atoms with Crippen LogP contribution in [0.3, 0.4) is 0 Å². The zero-order valence-corrected chi connectivity index (χ0v) is 13.3. The van der Waals surface area contributed by atoms with Gasteiger partial charge in [-0.05, 0) is 47.0 Å². The Hall–Kier alpha value is -1.07. The molecule has 1 fully saturated rings. The Morgan fingerprint density at radius 1 is 1.35 bits per heavy atom. The largest absolute Gasteiger partial charge is 0.497 e. The number of amides is 1. The van der Waals surface area contributed by atoms with Gasteiger partial charge in [-0.1, -0.05) is 19.3 Å². The summed E-state index contributed by atoms with van der Waals surface area (Å²) in [6.45, 7) is 0. The number of hydrogen-bond donors (Lipinski definition) is 2. The summed E-state index contributed by atoms with van der Waals surface area (Å²) in [6.07, 6.45) is 5.40. The normalized spacial score (nSPS) is 22.9. The van der Waals surface area contributed by atoms with Crippen molar-refractivity contribution in [1.82, 2.24) is 5.32 Å². The molecule has 0 radical (unpaired) electrons. The highest BCUT2D eigenvalue weighted by atomic mass is 79.9. The van der Waals surface area contributed by atoms with Gasteiger partial charge in [0.2, 0.25) is 0 Å². The van der Waals surface area contributed by atoms with Gasteiger partial charge in [-0.2, -0.15) is 0 Å². The van der Waals surface area contributed by atoms with Gasteiger partial charge in [-0.3, -0.25) is 4.79 Å². The summed E-state index contributed by atoms with van der Waals surface area (Å²) in [7, 11) is 1.59. The zero-order chi connectivity index (χ0) is 14.5. The van der Waals surface area contributed by atoms with Crippen molar-refractivity contribution >= 4 is 21.8 Å². The first-order valence-corrected chi connectivity index (χ1v) is 7.81. The van der Waals surface area contributed by atoms with Crippen LogP contribution in [0.1, 0.15) is 42.5 Å². The van der Waals surface area contributed by atoms with Crippen LogP contribution in [-0.4, -0.2) is 25.1 Å². The fourth-order valence-corrected chi connectivity index (χ4v) is 2.99. The molecule has 0 aromatic heterocycles. The number of nitrogens with two attached hydrogens (primary N) is 1. The van der Waals surface area contributed by atoms with E-state index in [1.165, 1.54) is 6.42 Å². The molecule has 1 aromatic rings. The first-order valence-electron chi connectivity index (χ1n) is 7.02. The number of carbonyl (C=O) groups excluding carboxylic acids is 1. The van der Waals surface area contributed by atoms with Gasteiger partial charge in [0.25, 0.3) is 5.91 Å². The van der Waals surface area contributed by atoms with Crippen molar-refractivity contribution in [1.29, 1.82) is 0 Å². The summed E-state index contributed by atoms with van der Waals surface area (Å²) >= 11 is 3.41. The van der Waals surface area contributed by atoms with Gasteiger partial charge in [-0.15, -0.1) is 0 Å². The second-order valence-electron chi connectivity index (χ2n) is 5.23. The lowest BCUT2D eigenvalue weighted by Crippen LogP contribution is -2.47. The van der Waals surface area contributed by atoms with E-state index < -0.39 is 0 Å². The minimum Gasteiger partial charge on any atom is -0.497 e. The molecule has 1 amide bonds. The van der Waals surface area contributed by atoms with Crippen LogP contribution in [0.4, 0.5) is 0 Å². The van der Waals surface area contributed by atoms with Gasteiger partial charge >= 0.3 is 0 Å². The van der Waals surface area contributed by atoms with Crippen LogP contribution >= 0.6 is 15.9 Å². The number of halogens is 1. The van der Waals surface area contributed by atoms with Crippen LogP contribution in [-0.2, 0) is 0 Å². The number of carbonyl (C=O) groups is 1. The molecule has 2 atom stereocenters. The Bertz CT molecular complexity index is 479. The van der Waals surface area contributed by atoms with Crippen molar-refractivity contribution < 1.29 is 9.53 Å². The van der Waals surface area contributed by atoms with E-state index in [4.69, 9.17) is 10.5 Å². The monoisotopic (exact) mass is 340 g/mol. The Morgan fingerprint density at radius 2 is 2.10 bits per heavy atom. The molecule has 1 saturated carbocycles. The van der Waals surface area contributed by atoms with E-state index in [0.29, 0.717) is 11.3 Å². The summed E-state index contributed by atoms with van der Waals surface area (Å²) in [4.78, 5) is 12.4. The number of hydrogen-bond acceptors (Lipinski definition) is 3. The maximum absolute atomic E-state index is 12.4. The van der Waals surface area contributed by atoms with Crippen molar-refractivity contribution in [2.24, 2.45) is 5.73 Å². The van der Waals surface area contributed by atoms with Gasteiger partial charge in [0.05, 0.1) is 12.7 Å². The van der Waals surface area contributed by atoms with Gasteiger partial charge in [0.1, 0.15) is 5.75 Å². The van der Waals surface area contributed by atoms with Crippen molar-refractivity contribution in [3.63, 3.8) is 0 Å². The van der Waals surface area contributed by atoms with E-state index in [0.717, 1.165) is 30.2 Å². The standard InChI is InChI=1S/C15H21BrN2O2/c1-20-10-7-8-12(16)11(9-10)15(19)18-14-6-4-2-3-5-13(14)17/h7-9,13-14H,2-6,17H2,1H3,(H,18,19). The fraction of sp³-hybridized carbons (Fsp3) is 0.533. The molecule has 1 aliphatic carbocycles. The van der Waals surface area contributed by atoms with Crippen molar-refractivity contribution in [3.8, 4) is 5.75 Å². The minimum absolute atomic E-state index is 0.0471. The van der Waals surface area contributed by atoms with Crippen LogP contribution in [0.2, 0.25) is 0 Å². The summed E-state index contributed by atoms with van der Waals surface area (Å²) in [5.41, 5.74) is 6.73. The maximum atomic E-state index is 12.4.